The van der Waals surface area contributed by atoms with E-state index in [-0.39, 0.29) is 5.92 Å². The summed E-state index contributed by atoms with van der Waals surface area (Å²) < 4.78 is 7.38. The summed E-state index contributed by atoms with van der Waals surface area (Å²) >= 11 is 0. The summed E-state index contributed by atoms with van der Waals surface area (Å²) in [6, 6.07) is 8.07. The summed E-state index contributed by atoms with van der Waals surface area (Å²) in [5.41, 5.74) is 4.89. The van der Waals surface area contributed by atoms with Crippen LogP contribution in [0.15, 0.2) is 36.8 Å². The van der Waals surface area contributed by atoms with Gasteiger partial charge in [-0.3, -0.25) is 4.57 Å². The van der Waals surface area contributed by atoms with Crippen molar-refractivity contribution in [2.45, 2.75) is 33.1 Å². The number of imidazole rings is 1. The third-order valence-corrected chi connectivity index (χ3v) is 4.55. The van der Waals surface area contributed by atoms with Crippen LogP contribution < -0.4 is 0 Å². The van der Waals surface area contributed by atoms with Gasteiger partial charge in [-0.1, -0.05) is 32.0 Å². The molecule has 1 aliphatic heterocycles. The van der Waals surface area contributed by atoms with Crippen molar-refractivity contribution < 1.29 is 9.53 Å². The Labute approximate surface area is 151 Å². The summed E-state index contributed by atoms with van der Waals surface area (Å²) in [4.78, 5) is 25.8. The molecule has 0 aliphatic carbocycles. The number of ether oxygens (including phenoxy) is 1. The molecular weight excluding hydrogens is 328 g/mol. The molecule has 1 aromatic carbocycles. The van der Waals surface area contributed by atoms with Crippen LogP contribution in [0.3, 0.4) is 0 Å². The first kappa shape index (κ1) is 16.4. The Bertz CT molecular complexity index is 991. The third kappa shape index (κ3) is 2.49. The van der Waals surface area contributed by atoms with Crippen LogP contribution in [0.25, 0.3) is 16.9 Å². The van der Waals surface area contributed by atoms with Crippen LogP contribution >= 0.6 is 0 Å². The molecule has 6 nitrogen and oxygen atoms in total. The van der Waals surface area contributed by atoms with Crippen molar-refractivity contribution in [2.24, 2.45) is 0 Å². The van der Waals surface area contributed by atoms with Gasteiger partial charge in [0.25, 0.3) is 0 Å². The SMILES string of the molecule is CCOC(=O)c1ncnc2c1Cc1cnc(C(C)C)n1-c1ccccc1-2. The lowest BCUT2D eigenvalue weighted by molar-refractivity contribution is 0.0518. The zero-order valence-corrected chi connectivity index (χ0v) is 15.1. The maximum absolute atomic E-state index is 12.4. The number of carbonyl (C=O) groups is 1. The van der Waals surface area contributed by atoms with Gasteiger partial charge in [0.1, 0.15) is 12.2 Å². The van der Waals surface area contributed by atoms with Gasteiger partial charge >= 0.3 is 5.97 Å². The molecule has 6 heteroatoms. The number of hydrogen-bond acceptors (Lipinski definition) is 5. The lowest BCUT2D eigenvalue weighted by atomic mass is 10.0. The Morgan fingerprint density at radius 3 is 2.81 bits per heavy atom. The van der Waals surface area contributed by atoms with E-state index in [0.29, 0.717) is 18.7 Å². The molecule has 0 unspecified atom stereocenters. The molecule has 3 aromatic rings. The van der Waals surface area contributed by atoms with E-state index in [0.717, 1.165) is 34.0 Å². The largest absolute Gasteiger partial charge is 0.461 e. The van der Waals surface area contributed by atoms with Crippen LogP contribution in [-0.4, -0.2) is 32.1 Å². The van der Waals surface area contributed by atoms with Gasteiger partial charge in [-0.05, 0) is 13.0 Å². The standard InChI is InChI=1S/C20H20N4O2/c1-4-26-20(25)18-15-9-13-10-21-19(12(2)3)24(13)16-8-6-5-7-14(16)17(15)22-11-23-18/h5-8,10-12H,4,9H2,1-3H3. The van der Waals surface area contributed by atoms with Gasteiger partial charge in [0.2, 0.25) is 0 Å². The number of fused-ring (bicyclic) bond motifs is 5. The molecule has 0 N–H and O–H groups in total. The van der Waals surface area contributed by atoms with Crippen molar-refractivity contribution in [3.05, 3.63) is 59.6 Å². The number of nitrogens with zero attached hydrogens (tertiary/aromatic N) is 4. The minimum absolute atomic E-state index is 0.272. The number of hydrogen-bond donors (Lipinski definition) is 0. The van der Waals surface area contributed by atoms with Crippen LogP contribution in [0.4, 0.5) is 0 Å². The normalized spacial score (nSPS) is 12.2. The minimum atomic E-state index is -0.416. The first-order valence-electron chi connectivity index (χ1n) is 8.79. The van der Waals surface area contributed by atoms with Crippen molar-refractivity contribution in [1.82, 2.24) is 19.5 Å². The van der Waals surface area contributed by atoms with Crippen LogP contribution in [0, 0.1) is 0 Å². The zero-order valence-electron chi connectivity index (χ0n) is 15.1. The molecule has 2 aromatic heterocycles. The van der Waals surface area contributed by atoms with Gasteiger partial charge in [-0.2, -0.15) is 0 Å². The lowest BCUT2D eigenvalue weighted by Crippen LogP contribution is -2.13. The molecule has 0 saturated carbocycles. The number of benzene rings is 1. The maximum atomic E-state index is 12.4. The number of esters is 1. The van der Waals surface area contributed by atoms with Crippen molar-refractivity contribution in [3.63, 3.8) is 0 Å². The van der Waals surface area contributed by atoms with E-state index in [1.807, 2.05) is 24.4 Å². The van der Waals surface area contributed by atoms with Crippen molar-refractivity contribution in [1.29, 1.82) is 0 Å². The van der Waals surface area contributed by atoms with Gasteiger partial charge in [0.15, 0.2) is 5.69 Å². The Morgan fingerprint density at radius 2 is 2.04 bits per heavy atom. The summed E-state index contributed by atoms with van der Waals surface area (Å²) in [5, 5.41) is 0. The van der Waals surface area contributed by atoms with Gasteiger partial charge in [0, 0.05) is 35.4 Å². The van der Waals surface area contributed by atoms with Crippen LogP contribution in [0.1, 0.15) is 54.3 Å². The fourth-order valence-corrected chi connectivity index (χ4v) is 3.45. The van der Waals surface area contributed by atoms with E-state index in [4.69, 9.17) is 4.74 Å². The highest BCUT2D eigenvalue weighted by Crippen LogP contribution is 2.36. The predicted molar refractivity (Wildman–Crippen MR) is 97.4 cm³/mol. The molecule has 0 bridgehead atoms. The Balaban J connectivity index is 2.01. The molecule has 1 aliphatic rings. The molecular formula is C20H20N4O2. The highest BCUT2D eigenvalue weighted by Gasteiger charge is 2.28. The number of rotatable bonds is 3. The molecule has 0 fully saturated rings. The van der Waals surface area contributed by atoms with E-state index < -0.39 is 5.97 Å². The van der Waals surface area contributed by atoms with Crippen molar-refractivity contribution in [3.8, 4) is 16.9 Å². The van der Waals surface area contributed by atoms with Gasteiger partial charge in [-0.15, -0.1) is 0 Å². The first-order valence-corrected chi connectivity index (χ1v) is 8.79. The van der Waals surface area contributed by atoms with Gasteiger partial charge in [-0.25, -0.2) is 19.7 Å². The van der Waals surface area contributed by atoms with Gasteiger partial charge < -0.3 is 4.74 Å². The minimum Gasteiger partial charge on any atom is -0.461 e. The molecule has 132 valence electrons. The van der Waals surface area contributed by atoms with Crippen LogP contribution in [0.2, 0.25) is 0 Å². The molecule has 0 saturated heterocycles. The molecule has 0 spiro atoms. The van der Waals surface area contributed by atoms with Crippen LogP contribution in [0.5, 0.6) is 0 Å². The van der Waals surface area contributed by atoms with E-state index in [1.54, 1.807) is 6.92 Å². The van der Waals surface area contributed by atoms with E-state index in [1.165, 1.54) is 6.33 Å². The lowest BCUT2D eigenvalue weighted by Gasteiger charge is -2.14. The van der Waals surface area contributed by atoms with Crippen molar-refractivity contribution in [2.75, 3.05) is 6.61 Å². The second kappa shape index (κ2) is 6.37. The van der Waals surface area contributed by atoms with E-state index in [9.17, 15) is 4.79 Å². The molecule has 0 radical (unpaired) electrons. The average Bonchev–Trinajstić information content (AvgIpc) is 3.00. The average molecular weight is 348 g/mol. The molecule has 0 amide bonds. The second-order valence-electron chi connectivity index (χ2n) is 6.56. The third-order valence-electron chi connectivity index (χ3n) is 4.55. The Morgan fingerprint density at radius 1 is 1.23 bits per heavy atom. The number of para-hydroxylation sites is 1. The summed E-state index contributed by atoms with van der Waals surface area (Å²) in [6.07, 6.45) is 3.84. The van der Waals surface area contributed by atoms with Gasteiger partial charge in [0.05, 0.1) is 18.0 Å². The maximum Gasteiger partial charge on any atom is 0.357 e. The van der Waals surface area contributed by atoms with Crippen LogP contribution in [-0.2, 0) is 11.2 Å². The summed E-state index contributed by atoms with van der Waals surface area (Å²) in [5.74, 6) is 0.847. The number of aromatic nitrogens is 4. The quantitative estimate of drug-likeness (QED) is 0.530. The topological polar surface area (TPSA) is 69.9 Å². The molecule has 26 heavy (non-hydrogen) atoms. The highest BCUT2D eigenvalue weighted by atomic mass is 16.5. The molecule has 3 heterocycles. The summed E-state index contributed by atoms with van der Waals surface area (Å²) in [6.45, 7) is 6.35. The predicted octanol–water partition coefficient (Wildman–Crippen LogP) is 3.53. The zero-order chi connectivity index (χ0) is 18.3. The monoisotopic (exact) mass is 348 g/mol. The Kier molecular flexibility index (Phi) is 4.03. The molecule has 0 atom stereocenters. The fourth-order valence-electron chi connectivity index (χ4n) is 3.45. The second-order valence-corrected chi connectivity index (χ2v) is 6.56. The first-order chi connectivity index (χ1) is 12.6. The molecule has 4 rings (SSSR count). The van der Waals surface area contributed by atoms with E-state index in [2.05, 4.69) is 39.4 Å². The number of carbonyl (C=O) groups excluding carboxylic acids is 1. The fraction of sp³-hybridized carbons (Fsp3) is 0.300. The van der Waals surface area contributed by atoms with Crippen molar-refractivity contribution >= 4 is 5.97 Å². The smallest absolute Gasteiger partial charge is 0.357 e. The van der Waals surface area contributed by atoms with E-state index >= 15 is 0 Å². The Hall–Kier alpha value is -3.02. The highest BCUT2D eigenvalue weighted by molar-refractivity contribution is 5.92. The summed E-state index contributed by atoms with van der Waals surface area (Å²) in [7, 11) is 0.